The van der Waals surface area contributed by atoms with Gasteiger partial charge in [-0.2, -0.15) is 0 Å². The van der Waals surface area contributed by atoms with Crippen LogP contribution in [0.15, 0.2) is 12.4 Å². The van der Waals surface area contributed by atoms with Crippen molar-refractivity contribution in [2.75, 3.05) is 4.90 Å². The van der Waals surface area contributed by atoms with Gasteiger partial charge in [-0.1, -0.05) is 41.5 Å². The molecule has 1 heterocycles. The highest BCUT2D eigenvalue weighted by molar-refractivity contribution is 5.92. The third-order valence-electron chi connectivity index (χ3n) is 3.57. The maximum atomic E-state index is 12.7. The van der Waals surface area contributed by atoms with E-state index >= 15 is 0 Å². The number of carbonyl (C=O) groups excluding carboxylic acids is 1. The molecule has 0 N–H and O–H groups in total. The van der Waals surface area contributed by atoms with Crippen molar-refractivity contribution in [2.24, 2.45) is 5.41 Å². The third kappa shape index (κ3) is 5.10. The van der Waals surface area contributed by atoms with Gasteiger partial charge < -0.3 is 0 Å². The molecule has 0 aliphatic carbocycles. The smallest absolute Gasteiger partial charge is 0.232 e. The predicted octanol–water partition coefficient (Wildman–Crippen LogP) is 4.00. The molecule has 0 saturated carbocycles. The van der Waals surface area contributed by atoms with Gasteiger partial charge in [0.05, 0.1) is 0 Å². The number of nitrogens with zero attached hydrogens (tertiary/aromatic N) is 3. The lowest BCUT2D eigenvalue weighted by molar-refractivity contribution is -0.120. The van der Waals surface area contributed by atoms with E-state index in [1.807, 2.05) is 12.4 Å². The Balaban J connectivity index is 3.08. The molecule has 0 bridgehead atoms. The Morgan fingerprint density at radius 3 is 2.05 bits per heavy atom. The Kier molecular flexibility index (Phi) is 6.31. The maximum Gasteiger partial charge on any atom is 0.232 e. The molecule has 0 radical (unpaired) electrons. The summed E-state index contributed by atoms with van der Waals surface area (Å²) in [5, 5.41) is 0. The maximum absolute atomic E-state index is 12.7. The highest BCUT2D eigenvalue weighted by Crippen LogP contribution is 2.24. The van der Waals surface area contributed by atoms with Crippen LogP contribution < -0.4 is 4.90 Å². The molecule has 4 nitrogen and oxygen atoms in total. The minimum Gasteiger partial charge on any atom is -0.278 e. The first-order valence-electron chi connectivity index (χ1n) is 7.95. The van der Waals surface area contributed by atoms with E-state index in [-0.39, 0.29) is 17.4 Å². The fourth-order valence-electron chi connectivity index (χ4n) is 2.33. The molecule has 0 atom stereocenters. The number of aromatic nitrogens is 2. The highest BCUT2D eigenvalue weighted by Gasteiger charge is 2.28. The zero-order valence-corrected chi connectivity index (χ0v) is 14.3. The van der Waals surface area contributed by atoms with Gasteiger partial charge in [-0.3, -0.25) is 9.69 Å². The Hall–Kier alpha value is -1.45. The van der Waals surface area contributed by atoms with E-state index in [1.54, 1.807) is 4.90 Å². The van der Waals surface area contributed by atoms with Crippen molar-refractivity contribution < 1.29 is 4.79 Å². The molecule has 4 heteroatoms. The van der Waals surface area contributed by atoms with Gasteiger partial charge >= 0.3 is 0 Å². The molecule has 0 aromatic carbocycles. The molecular formula is C17H29N3O. The molecular weight excluding hydrogens is 262 g/mol. The fourth-order valence-corrected chi connectivity index (χ4v) is 2.33. The van der Waals surface area contributed by atoms with Crippen molar-refractivity contribution in [3.8, 4) is 0 Å². The third-order valence-corrected chi connectivity index (χ3v) is 3.57. The van der Waals surface area contributed by atoms with Crippen LogP contribution in [0, 0.1) is 5.41 Å². The van der Waals surface area contributed by atoms with Gasteiger partial charge in [-0.05, 0) is 30.2 Å². The van der Waals surface area contributed by atoms with Gasteiger partial charge in [-0.15, -0.1) is 0 Å². The van der Waals surface area contributed by atoms with Crippen LogP contribution in [-0.4, -0.2) is 21.9 Å². The summed E-state index contributed by atoms with van der Waals surface area (Å²) >= 11 is 0. The average Bonchev–Trinajstić information content (AvgIpc) is 2.42. The van der Waals surface area contributed by atoms with Crippen molar-refractivity contribution in [1.82, 2.24) is 9.97 Å². The SMILES string of the molecule is CCc1cnc(N(C(=O)CC(C)(C)C)C(CC)CC)nc1. The topological polar surface area (TPSA) is 46.1 Å². The minimum absolute atomic E-state index is 0.0370. The van der Waals surface area contributed by atoms with Crippen LogP contribution in [0.4, 0.5) is 5.95 Å². The van der Waals surface area contributed by atoms with Gasteiger partial charge in [0.25, 0.3) is 0 Å². The van der Waals surface area contributed by atoms with Crippen LogP contribution in [-0.2, 0) is 11.2 Å². The average molecular weight is 291 g/mol. The molecule has 1 aromatic rings. The number of rotatable bonds is 6. The normalized spacial score (nSPS) is 11.8. The van der Waals surface area contributed by atoms with Crippen LogP contribution in [0.1, 0.15) is 66.4 Å². The predicted molar refractivity (Wildman–Crippen MR) is 87.3 cm³/mol. The van der Waals surface area contributed by atoms with Crippen LogP contribution in [0.3, 0.4) is 0 Å². The second kappa shape index (κ2) is 7.53. The summed E-state index contributed by atoms with van der Waals surface area (Å²) in [5.41, 5.74) is 1.05. The summed E-state index contributed by atoms with van der Waals surface area (Å²) < 4.78 is 0. The van der Waals surface area contributed by atoms with Crippen LogP contribution in [0.5, 0.6) is 0 Å². The van der Waals surface area contributed by atoms with Crippen molar-refractivity contribution >= 4 is 11.9 Å². The molecule has 0 spiro atoms. The second-order valence-electron chi connectivity index (χ2n) is 6.72. The zero-order chi connectivity index (χ0) is 16.0. The molecule has 21 heavy (non-hydrogen) atoms. The lowest BCUT2D eigenvalue weighted by Gasteiger charge is -2.31. The van der Waals surface area contributed by atoms with E-state index in [9.17, 15) is 4.79 Å². The van der Waals surface area contributed by atoms with E-state index in [4.69, 9.17) is 0 Å². The quantitative estimate of drug-likeness (QED) is 0.796. The number of hydrogen-bond acceptors (Lipinski definition) is 3. The molecule has 1 rings (SSSR count). The van der Waals surface area contributed by atoms with Crippen LogP contribution >= 0.6 is 0 Å². The van der Waals surface area contributed by atoms with Crippen molar-refractivity contribution in [3.63, 3.8) is 0 Å². The summed E-state index contributed by atoms with van der Waals surface area (Å²) in [6.45, 7) is 12.5. The fraction of sp³-hybridized carbons (Fsp3) is 0.706. The van der Waals surface area contributed by atoms with E-state index < -0.39 is 0 Å². The zero-order valence-electron chi connectivity index (χ0n) is 14.3. The van der Waals surface area contributed by atoms with Gasteiger partial charge in [0, 0.05) is 24.9 Å². The number of anilines is 1. The molecule has 1 amide bonds. The molecule has 1 aromatic heterocycles. The Morgan fingerprint density at radius 2 is 1.67 bits per heavy atom. The number of amides is 1. The molecule has 118 valence electrons. The summed E-state index contributed by atoms with van der Waals surface area (Å²) in [7, 11) is 0. The standard InChI is InChI=1S/C17H29N3O/c1-7-13-11-18-16(19-12-13)20(14(8-2)9-3)15(21)10-17(4,5)6/h11-12,14H,7-10H2,1-6H3. The van der Waals surface area contributed by atoms with Crippen molar-refractivity contribution in [1.29, 1.82) is 0 Å². The highest BCUT2D eigenvalue weighted by atomic mass is 16.2. The monoisotopic (exact) mass is 291 g/mol. The number of aryl methyl sites for hydroxylation is 1. The van der Waals surface area contributed by atoms with E-state index in [0.717, 1.165) is 24.8 Å². The molecule has 0 aliphatic rings. The minimum atomic E-state index is -0.0370. The van der Waals surface area contributed by atoms with Crippen LogP contribution in [0.2, 0.25) is 0 Å². The first-order valence-corrected chi connectivity index (χ1v) is 7.95. The summed E-state index contributed by atoms with van der Waals surface area (Å²) in [6, 6.07) is 0.160. The lowest BCUT2D eigenvalue weighted by atomic mass is 9.91. The Labute approximate surface area is 129 Å². The van der Waals surface area contributed by atoms with E-state index in [1.165, 1.54) is 0 Å². The van der Waals surface area contributed by atoms with Crippen LogP contribution in [0.25, 0.3) is 0 Å². The molecule has 0 saturated heterocycles. The second-order valence-corrected chi connectivity index (χ2v) is 6.72. The van der Waals surface area contributed by atoms with Gasteiger partial charge in [0.15, 0.2) is 0 Å². The Morgan fingerprint density at radius 1 is 1.14 bits per heavy atom. The van der Waals surface area contributed by atoms with Gasteiger partial charge in [0.2, 0.25) is 11.9 Å². The van der Waals surface area contributed by atoms with Gasteiger partial charge in [0.1, 0.15) is 0 Å². The van der Waals surface area contributed by atoms with E-state index in [2.05, 4.69) is 51.5 Å². The first-order chi connectivity index (χ1) is 9.82. The first kappa shape index (κ1) is 17.6. The van der Waals surface area contributed by atoms with Crippen molar-refractivity contribution in [2.45, 2.75) is 73.3 Å². The molecule has 0 aliphatic heterocycles. The number of hydrogen-bond donors (Lipinski definition) is 0. The molecule has 0 fully saturated rings. The van der Waals surface area contributed by atoms with Gasteiger partial charge in [-0.25, -0.2) is 9.97 Å². The van der Waals surface area contributed by atoms with Crippen molar-refractivity contribution in [3.05, 3.63) is 18.0 Å². The number of carbonyl (C=O) groups is 1. The summed E-state index contributed by atoms with van der Waals surface area (Å²) in [6.07, 6.45) is 6.87. The lowest BCUT2D eigenvalue weighted by Crippen LogP contribution is -2.42. The van der Waals surface area contributed by atoms with E-state index in [0.29, 0.717) is 12.4 Å². The Bertz CT molecular complexity index is 444. The summed E-state index contributed by atoms with van der Waals surface area (Å²) in [5.74, 6) is 0.649. The molecule has 0 unspecified atom stereocenters. The summed E-state index contributed by atoms with van der Waals surface area (Å²) in [4.78, 5) is 23.3. The largest absolute Gasteiger partial charge is 0.278 e.